The topological polar surface area (TPSA) is 30.8 Å². The Kier molecular flexibility index (Phi) is 3.93. The summed E-state index contributed by atoms with van der Waals surface area (Å²) in [6.45, 7) is 2.15. The number of ether oxygens (including phenoxy) is 2. The zero-order valence-electron chi connectivity index (χ0n) is 17.1. The molecule has 0 aliphatic carbocycles. The summed E-state index contributed by atoms with van der Waals surface area (Å²) in [4.78, 5) is 5.11. The third-order valence-electron chi connectivity index (χ3n) is 6.55. The lowest BCUT2D eigenvalue weighted by Gasteiger charge is -2.33. The average Bonchev–Trinajstić information content (AvgIpc) is 2.97. The molecule has 0 amide bonds. The molecule has 3 heteroatoms. The maximum absolute atomic E-state index is 6.55. The molecule has 0 radical (unpaired) electrons. The summed E-state index contributed by atoms with van der Waals surface area (Å²) in [7, 11) is 1.69. The number of allylic oxidation sites excluding steroid dienone is 1. The number of rotatable bonds is 2. The third kappa shape index (κ3) is 2.66. The Morgan fingerprint density at radius 1 is 0.933 bits per heavy atom. The highest BCUT2D eigenvalue weighted by atomic mass is 16.5. The van der Waals surface area contributed by atoms with Crippen LogP contribution in [-0.4, -0.2) is 12.8 Å². The van der Waals surface area contributed by atoms with Gasteiger partial charge in [0.25, 0.3) is 0 Å². The van der Waals surface area contributed by atoms with Crippen LogP contribution >= 0.6 is 0 Å². The van der Waals surface area contributed by atoms with Crippen LogP contribution in [0.4, 0.5) is 5.69 Å². The van der Waals surface area contributed by atoms with Gasteiger partial charge in [0.15, 0.2) is 0 Å². The summed E-state index contributed by atoms with van der Waals surface area (Å²) in [6, 6.07) is 23.5. The second kappa shape index (κ2) is 6.68. The molecule has 1 fully saturated rings. The van der Waals surface area contributed by atoms with Crippen molar-refractivity contribution in [2.45, 2.75) is 31.5 Å². The normalized spacial score (nSPS) is 23.5. The Hall–Kier alpha value is -3.17. The largest absolute Gasteiger partial charge is 0.497 e. The molecule has 3 aliphatic heterocycles. The SMILES string of the molecule is COc1ccc(C2=Nc3ccc(C)cc3[C@H]3C(=C2)C[C@H]2O[C@@H]3c3ccccc32)cc1. The molecule has 3 heterocycles. The van der Waals surface area contributed by atoms with Crippen LogP contribution in [0, 0.1) is 6.92 Å². The summed E-state index contributed by atoms with van der Waals surface area (Å²) in [5.74, 6) is 1.05. The van der Waals surface area contributed by atoms with E-state index in [0.717, 1.165) is 29.1 Å². The lowest BCUT2D eigenvalue weighted by Crippen LogP contribution is -2.19. The van der Waals surface area contributed by atoms with Gasteiger partial charge >= 0.3 is 0 Å². The van der Waals surface area contributed by atoms with Crippen LogP contribution in [0.1, 0.15) is 52.4 Å². The number of fused-ring (bicyclic) bond motifs is 9. The van der Waals surface area contributed by atoms with Crippen LogP contribution < -0.4 is 4.74 Å². The Labute approximate surface area is 176 Å². The van der Waals surface area contributed by atoms with Gasteiger partial charge in [-0.05, 0) is 66.4 Å². The number of aliphatic imine (C=N–C) groups is 1. The van der Waals surface area contributed by atoms with E-state index in [1.165, 1.54) is 27.8 Å². The lowest BCUT2D eigenvalue weighted by atomic mass is 9.81. The molecule has 0 unspecified atom stereocenters. The van der Waals surface area contributed by atoms with E-state index in [2.05, 4.69) is 67.6 Å². The minimum atomic E-state index is 0.0529. The first-order chi connectivity index (χ1) is 14.7. The standard InChI is InChI=1S/C27H23NO2/c1-16-7-12-23-22(13-16)26-18(14-24(28-23)17-8-10-19(29-2)11-9-17)15-25-20-5-3-4-6-21(20)27(26)30-25/h3-14,25-27H,15H2,1-2H3/t25-,26-,27-/m1/s1. The molecule has 148 valence electrons. The fraction of sp³-hybridized carbons (Fsp3) is 0.222. The molecule has 2 bridgehead atoms. The van der Waals surface area contributed by atoms with Crippen molar-refractivity contribution in [1.29, 1.82) is 0 Å². The smallest absolute Gasteiger partial charge is 0.118 e. The van der Waals surface area contributed by atoms with E-state index < -0.39 is 0 Å². The van der Waals surface area contributed by atoms with Crippen LogP contribution in [0.15, 0.2) is 83.4 Å². The predicted octanol–water partition coefficient (Wildman–Crippen LogP) is 6.36. The van der Waals surface area contributed by atoms with Crippen molar-refractivity contribution in [1.82, 2.24) is 0 Å². The molecule has 30 heavy (non-hydrogen) atoms. The summed E-state index contributed by atoms with van der Waals surface area (Å²) in [6.07, 6.45) is 3.39. The highest BCUT2D eigenvalue weighted by molar-refractivity contribution is 6.11. The highest BCUT2D eigenvalue weighted by Gasteiger charge is 2.45. The van der Waals surface area contributed by atoms with Gasteiger partial charge in [0.1, 0.15) is 5.75 Å². The van der Waals surface area contributed by atoms with Crippen molar-refractivity contribution in [2.24, 2.45) is 4.99 Å². The number of hydrogen-bond donors (Lipinski definition) is 0. The summed E-state index contributed by atoms with van der Waals surface area (Å²) in [5, 5.41) is 0. The fourth-order valence-electron chi connectivity index (χ4n) is 5.12. The number of hydrogen-bond acceptors (Lipinski definition) is 3. The van der Waals surface area contributed by atoms with Gasteiger partial charge in [0.2, 0.25) is 0 Å². The van der Waals surface area contributed by atoms with E-state index in [1.54, 1.807) is 7.11 Å². The molecule has 3 aromatic carbocycles. The summed E-state index contributed by atoms with van der Waals surface area (Å²) in [5.41, 5.74) is 9.75. The first kappa shape index (κ1) is 17.7. The van der Waals surface area contributed by atoms with Gasteiger partial charge < -0.3 is 9.47 Å². The Bertz CT molecular complexity index is 1210. The molecule has 0 aromatic heterocycles. The maximum Gasteiger partial charge on any atom is 0.118 e. The molecule has 3 aliphatic rings. The maximum atomic E-state index is 6.55. The van der Waals surface area contributed by atoms with Crippen LogP contribution in [0.2, 0.25) is 0 Å². The number of methoxy groups -OCH3 is 1. The lowest BCUT2D eigenvalue weighted by molar-refractivity contribution is -0.0203. The molecule has 0 spiro atoms. The van der Waals surface area contributed by atoms with Crippen LogP contribution in [-0.2, 0) is 4.74 Å². The van der Waals surface area contributed by atoms with Gasteiger partial charge in [-0.25, -0.2) is 4.99 Å². The molecule has 6 rings (SSSR count). The predicted molar refractivity (Wildman–Crippen MR) is 119 cm³/mol. The minimum Gasteiger partial charge on any atom is -0.497 e. The second-order valence-electron chi connectivity index (χ2n) is 8.36. The zero-order valence-corrected chi connectivity index (χ0v) is 17.1. The minimum absolute atomic E-state index is 0.0529. The van der Waals surface area contributed by atoms with Gasteiger partial charge in [-0.2, -0.15) is 0 Å². The molecule has 3 nitrogen and oxygen atoms in total. The first-order valence-electron chi connectivity index (χ1n) is 10.5. The van der Waals surface area contributed by atoms with Crippen molar-refractivity contribution in [3.8, 4) is 5.75 Å². The summed E-state index contributed by atoms with van der Waals surface area (Å²) >= 11 is 0. The van der Waals surface area contributed by atoms with E-state index in [4.69, 9.17) is 14.5 Å². The number of nitrogens with zero attached hydrogens (tertiary/aromatic N) is 1. The number of aryl methyl sites for hydroxylation is 1. The molecular formula is C27H23NO2. The molecule has 0 saturated carbocycles. The van der Waals surface area contributed by atoms with Gasteiger partial charge in [-0.15, -0.1) is 0 Å². The van der Waals surface area contributed by atoms with Crippen LogP contribution in [0.25, 0.3) is 0 Å². The van der Waals surface area contributed by atoms with Gasteiger partial charge in [-0.3, -0.25) is 0 Å². The van der Waals surface area contributed by atoms with E-state index >= 15 is 0 Å². The van der Waals surface area contributed by atoms with Crippen molar-refractivity contribution >= 4 is 11.4 Å². The van der Waals surface area contributed by atoms with E-state index in [0.29, 0.717) is 0 Å². The van der Waals surface area contributed by atoms with Crippen LogP contribution in [0.3, 0.4) is 0 Å². The second-order valence-corrected chi connectivity index (χ2v) is 8.36. The molecule has 3 atom stereocenters. The Balaban J connectivity index is 1.54. The van der Waals surface area contributed by atoms with Crippen LogP contribution in [0.5, 0.6) is 5.75 Å². The molecule has 3 aromatic rings. The van der Waals surface area contributed by atoms with Gasteiger partial charge in [0.05, 0.1) is 30.7 Å². The average molecular weight is 393 g/mol. The van der Waals surface area contributed by atoms with Gasteiger partial charge in [0, 0.05) is 11.5 Å². The molecular weight excluding hydrogens is 370 g/mol. The highest BCUT2D eigenvalue weighted by Crippen LogP contribution is 2.58. The monoisotopic (exact) mass is 393 g/mol. The third-order valence-corrected chi connectivity index (χ3v) is 6.55. The van der Waals surface area contributed by atoms with E-state index in [-0.39, 0.29) is 18.1 Å². The molecule has 0 N–H and O–H groups in total. The number of benzene rings is 3. The fourth-order valence-corrected chi connectivity index (χ4v) is 5.12. The van der Waals surface area contributed by atoms with Crippen molar-refractivity contribution in [2.75, 3.05) is 7.11 Å². The Morgan fingerprint density at radius 3 is 2.53 bits per heavy atom. The molecule has 1 saturated heterocycles. The first-order valence-corrected chi connectivity index (χ1v) is 10.5. The van der Waals surface area contributed by atoms with E-state index in [1.807, 2.05) is 12.1 Å². The van der Waals surface area contributed by atoms with Crippen molar-refractivity contribution in [3.63, 3.8) is 0 Å². The van der Waals surface area contributed by atoms with Gasteiger partial charge in [-0.1, -0.05) is 47.5 Å². The Morgan fingerprint density at radius 2 is 1.73 bits per heavy atom. The zero-order chi connectivity index (χ0) is 20.2. The van der Waals surface area contributed by atoms with Crippen molar-refractivity contribution in [3.05, 3.63) is 106 Å². The van der Waals surface area contributed by atoms with E-state index in [9.17, 15) is 0 Å². The quantitative estimate of drug-likeness (QED) is 0.507. The summed E-state index contributed by atoms with van der Waals surface area (Å²) < 4.78 is 11.9. The van der Waals surface area contributed by atoms with Crippen molar-refractivity contribution < 1.29 is 9.47 Å².